The van der Waals surface area contributed by atoms with E-state index in [1.807, 2.05) is 13.8 Å². The van der Waals surface area contributed by atoms with Gasteiger partial charge >= 0.3 is 0 Å². The summed E-state index contributed by atoms with van der Waals surface area (Å²) in [6.07, 6.45) is 4.72. The number of pyridine rings is 1. The summed E-state index contributed by atoms with van der Waals surface area (Å²) in [5, 5.41) is 0. The van der Waals surface area contributed by atoms with Crippen molar-refractivity contribution in [2.45, 2.75) is 38.8 Å². The molecule has 2 aromatic rings. The van der Waals surface area contributed by atoms with Crippen molar-refractivity contribution in [2.24, 2.45) is 0 Å². The van der Waals surface area contributed by atoms with Crippen LogP contribution in [0.4, 0.5) is 14.7 Å². The van der Waals surface area contributed by atoms with E-state index in [0.29, 0.717) is 23.0 Å². The molecule has 1 saturated heterocycles. The van der Waals surface area contributed by atoms with Crippen molar-refractivity contribution < 1.29 is 13.5 Å². The smallest absolute Gasteiger partial charge is 0.284 e. The lowest BCUT2D eigenvalue weighted by atomic mass is 10.1. The van der Waals surface area contributed by atoms with E-state index in [9.17, 15) is 8.78 Å². The zero-order valence-electron chi connectivity index (χ0n) is 15.9. The maximum atomic E-state index is 14.1. The van der Waals surface area contributed by atoms with Crippen LogP contribution < -0.4 is 15.1 Å². The third kappa shape index (κ3) is 5.52. The van der Waals surface area contributed by atoms with Crippen LogP contribution in [0, 0.1) is 0 Å². The average Bonchev–Trinajstić information content (AvgIpc) is 2.69. The lowest BCUT2D eigenvalue weighted by Crippen LogP contribution is -2.31. The second-order valence-electron chi connectivity index (χ2n) is 5.92. The Labute approximate surface area is 163 Å². The molecule has 2 aromatic heterocycles. The summed E-state index contributed by atoms with van der Waals surface area (Å²) < 4.78 is 33.4. The van der Waals surface area contributed by atoms with E-state index < -0.39 is 5.66 Å². The molecule has 0 spiro atoms. The molecule has 3 heterocycles. The number of hydrogen-bond acceptors (Lipinski definition) is 5. The van der Waals surface area contributed by atoms with E-state index in [4.69, 9.17) is 4.74 Å². The molecule has 0 radical (unpaired) electrons. The van der Waals surface area contributed by atoms with Crippen molar-refractivity contribution in [3.05, 3.63) is 23.9 Å². The van der Waals surface area contributed by atoms with Crippen LogP contribution in [0.25, 0.3) is 11.3 Å². The molecular formula is C18H26F2N4OP2. The quantitative estimate of drug-likeness (QED) is 0.709. The monoisotopic (exact) mass is 414 g/mol. The number of halogens is 2. The first kappa shape index (κ1) is 21.8. The van der Waals surface area contributed by atoms with Gasteiger partial charge in [-0.15, -0.1) is 0 Å². The molecule has 1 aliphatic rings. The van der Waals surface area contributed by atoms with Crippen LogP contribution in [0.15, 0.2) is 18.3 Å². The highest BCUT2D eigenvalue weighted by atomic mass is 31.0. The van der Waals surface area contributed by atoms with Gasteiger partial charge in [0.2, 0.25) is 11.8 Å². The first-order valence-electron chi connectivity index (χ1n) is 8.99. The van der Waals surface area contributed by atoms with E-state index >= 15 is 0 Å². The van der Waals surface area contributed by atoms with Crippen LogP contribution in [-0.4, -0.2) is 35.2 Å². The van der Waals surface area contributed by atoms with E-state index in [-0.39, 0.29) is 11.1 Å². The third-order valence-corrected chi connectivity index (χ3v) is 4.73. The van der Waals surface area contributed by atoms with Crippen molar-refractivity contribution >= 4 is 29.9 Å². The van der Waals surface area contributed by atoms with Crippen LogP contribution in [0.2, 0.25) is 0 Å². The number of methoxy groups -OCH3 is 1. The molecule has 9 heteroatoms. The maximum Gasteiger partial charge on any atom is 0.284 e. The molecule has 0 saturated carbocycles. The van der Waals surface area contributed by atoms with Crippen molar-refractivity contribution in [3.8, 4) is 17.1 Å². The fourth-order valence-electron chi connectivity index (χ4n) is 2.84. The number of ether oxygens (including phenoxy) is 1. The molecule has 5 nitrogen and oxygen atoms in total. The van der Waals surface area contributed by atoms with Gasteiger partial charge in [0.05, 0.1) is 18.2 Å². The standard InChI is InChI=1S/C16H20F2N4OP2.C2H6/c1-23-13-8-12(20-15(21-13)22-5-3-2-4-6-22)10-9-19-14(24)7-11(10)16(17,18)25;1-2/h7-9H,2-6,24-25H2,1H3;1-2H3. The van der Waals surface area contributed by atoms with Gasteiger partial charge in [-0.3, -0.25) is 4.98 Å². The largest absolute Gasteiger partial charge is 0.481 e. The van der Waals surface area contributed by atoms with Gasteiger partial charge in [-0.1, -0.05) is 32.3 Å². The zero-order valence-corrected chi connectivity index (χ0v) is 18.2. The first-order valence-corrected chi connectivity index (χ1v) is 10.1. The van der Waals surface area contributed by atoms with E-state index in [2.05, 4.69) is 29.1 Å². The SMILES string of the molecule is CC.COc1cc(-c2cnc(P)cc2C(F)(F)P)nc(N2CCCCC2)n1. The minimum Gasteiger partial charge on any atom is -0.481 e. The predicted octanol–water partition coefficient (Wildman–Crippen LogP) is 3.99. The van der Waals surface area contributed by atoms with E-state index in [1.54, 1.807) is 15.3 Å². The molecule has 1 fully saturated rings. The van der Waals surface area contributed by atoms with Gasteiger partial charge in [0, 0.05) is 36.5 Å². The molecular weight excluding hydrogens is 388 g/mol. The Balaban J connectivity index is 0.00000126. The Kier molecular flexibility index (Phi) is 7.81. The normalized spacial score (nSPS) is 14.4. The lowest BCUT2D eigenvalue weighted by molar-refractivity contribution is 0.104. The predicted molar refractivity (Wildman–Crippen MR) is 112 cm³/mol. The Morgan fingerprint density at radius 3 is 2.37 bits per heavy atom. The van der Waals surface area contributed by atoms with Crippen molar-refractivity contribution in [1.29, 1.82) is 0 Å². The fraction of sp³-hybridized carbons (Fsp3) is 0.500. The fourth-order valence-corrected chi connectivity index (χ4v) is 3.32. The molecule has 3 rings (SSSR count). The molecule has 1 aliphatic heterocycles. The Bertz CT molecular complexity index is 766. The Morgan fingerprint density at radius 1 is 1.11 bits per heavy atom. The number of anilines is 1. The van der Waals surface area contributed by atoms with E-state index in [1.165, 1.54) is 25.8 Å². The number of piperidine rings is 1. The minimum atomic E-state index is -3.09. The van der Waals surface area contributed by atoms with Gasteiger partial charge in [0.25, 0.3) is 5.66 Å². The summed E-state index contributed by atoms with van der Waals surface area (Å²) in [4.78, 5) is 15.1. The van der Waals surface area contributed by atoms with Crippen LogP contribution in [-0.2, 0) is 5.66 Å². The highest BCUT2D eigenvalue weighted by molar-refractivity contribution is 7.26. The number of nitrogens with zero attached hydrogens (tertiary/aromatic N) is 4. The summed E-state index contributed by atoms with van der Waals surface area (Å²) in [7, 11) is 5.41. The lowest BCUT2D eigenvalue weighted by Gasteiger charge is -2.27. The van der Waals surface area contributed by atoms with Gasteiger partial charge in [-0.25, -0.2) is 4.98 Å². The highest BCUT2D eigenvalue weighted by Crippen LogP contribution is 2.40. The number of rotatable bonds is 4. The van der Waals surface area contributed by atoms with Crippen molar-refractivity contribution in [2.75, 3.05) is 25.1 Å². The van der Waals surface area contributed by atoms with Gasteiger partial charge in [-0.05, 0) is 25.3 Å². The maximum absolute atomic E-state index is 14.1. The first-order chi connectivity index (χ1) is 12.9. The molecule has 2 atom stereocenters. The molecule has 0 amide bonds. The summed E-state index contributed by atoms with van der Waals surface area (Å²) in [6, 6.07) is 2.91. The van der Waals surface area contributed by atoms with Gasteiger partial charge in [-0.2, -0.15) is 13.8 Å². The van der Waals surface area contributed by atoms with Crippen molar-refractivity contribution in [1.82, 2.24) is 15.0 Å². The van der Waals surface area contributed by atoms with Gasteiger partial charge in [0.15, 0.2) is 0 Å². The Morgan fingerprint density at radius 2 is 1.78 bits per heavy atom. The number of aromatic nitrogens is 3. The van der Waals surface area contributed by atoms with E-state index in [0.717, 1.165) is 25.9 Å². The molecule has 0 N–H and O–H groups in total. The minimum absolute atomic E-state index is 0.150. The summed E-state index contributed by atoms with van der Waals surface area (Å²) in [6.45, 7) is 5.70. The topological polar surface area (TPSA) is 51.1 Å². The summed E-state index contributed by atoms with van der Waals surface area (Å²) in [5.74, 6) is 0.848. The molecule has 27 heavy (non-hydrogen) atoms. The highest BCUT2D eigenvalue weighted by Gasteiger charge is 2.30. The Hall–Kier alpha value is -1.45. The molecule has 0 aromatic carbocycles. The van der Waals surface area contributed by atoms with Crippen LogP contribution >= 0.6 is 18.5 Å². The third-order valence-electron chi connectivity index (χ3n) is 4.10. The number of alkyl halides is 2. The second kappa shape index (κ2) is 9.66. The summed E-state index contributed by atoms with van der Waals surface area (Å²) >= 11 is 0. The summed E-state index contributed by atoms with van der Waals surface area (Å²) in [5.41, 5.74) is -2.15. The number of hydrogen-bond donors (Lipinski definition) is 0. The average molecular weight is 414 g/mol. The molecule has 148 valence electrons. The second-order valence-corrected chi connectivity index (χ2v) is 7.24. The molecule has 0 bridgehead atoms. The molecule has 0 aliphatic carbocycles. The van der Waals surface area contributed by atoms with Gasteiger partial charge < -0.3 is 9.64 Å². The van der Waals surface area contributed by atoms with Gasteiger partial charge in [0.1, 0.15) is 0 Å². The van der Waals surface area contributed by atoms with Crippen molar-refractivity contribution in [3.63, 3.8) is 0 Å². The van der Waals surface area contributed by atoms with Crippen LogP contribution in [0.1, 0.15) is 38.7 Å². The van der Waals surface area contributed by atoms with Crippen LogP contribution in [0.5, 0.6) is 5.88 Å². The van der Waals surface area contributed by atoms with Crippen LogP contribution in [0.3, 0.4) is 0 Å². The molecule has 2 unspecified atom stereocenters. The zero-order chi connectivity index (χ0) is 20.0.